The molecule has 0 atom stereocenters. The minimum Gasteiger partial charge on any atom is -0.306 e. The first kappa shape index (κ1) is 14.9. The summed E-state index contributed by atoms with van der Waals surface area (Å²) in [6, 6.07) is 9.55. The molecule has 100 valence electrons. The average Bonchev–Trinajstić information content (AvgIpc) is 2.27. The van der Waals surface area contributed by atoms with E-state index in [2.05, 4.69) is 32.7 Å². The fourth-order valence-electron chi connectivity index (χ4n) is 2.17. The number of carbonyl (C=O) groups is 1. The van der Waals surface area contributed by atoms with Gasteiger partial charge in [0.15, 0.2) is 5.78 Å². The van der Waals surface area contributed by atoms with Crippen LogP contribution in [0.4, 0.5) is 0 Å². The van der Waals surface area contributed by atoms with E-state index in [4.69, 9.17) is 0 Å². The van der Waals surface area contributed by atoms with Crippen LogP contribution in [0.3, 0.4) is 0 Å². The number of rotatable bonds is 6. The molecule has 1 rings (SSSR count). The molecule has 0 N–H and O–H groups in total. The normalized spacial score (nSPS) is 11.8. The molecule has 0 aromatic heterocycles. The van der Waals surface area contributed by atoms with Gasteiger partial charge < -0.3 is 4.90 Å². The second kappa shape index (κ2) is 6.69. The van der Waals surface area contributed by atoms with Gasteiger partial charge in [0.2, 0.25) is 0 Å². The van der Waals surface area contributed by atoms with Crippen LogP contribution in [-0.4, -0.2) is 30.8 Å². The van der Waals surface area contributed by atoms with Gasteiger partial charge in [0.1, 0.15) is 0 Å². The van der Waals surface area contributed by atoms with Gasteiger partial charge in [-0.25, -0.2) is 0 Å². The fraction of sp³-hybridized carbons (Fsp3) is 0.562. The van der Waals surface area contributed by atoms with Crippen LogP contribution in [0.1, 0.15) is 44.0 Å². The second-order valence-electron chi connectivity index (χ2n) is 6.19. The maximum Gasteiger partial charge on any atom is 0.162 e. The van der Waals surface area contributed by atoms with Gasteiger partial charge in [-0.1, -0.05) is 51.1 Å². The fourth-order valence-corrected chi connectivity index (χ4v) is 2.17. The van der Waals surface area contributed by atoms with Gasteiger partial charge in [-0.05, 0) is 25.4 Å². The van der Waals surface area contributed by atoms with Gasteiger partial charge in [0.05, 0.1) is 0 Å². The summed E-state index contributed by atoms with van der Waals surface area (Å²) in [6.45, 7) is 8.75. The van der Waals surface area contributed by atoms with Crippen LogP contribution in [0.25, 0.3) is 0 Å². The van der Waals surface area contributed by atoms with Gasteiger partial charge in [-0.2, -0.15) is 0 Å². The van der Waals surface area contributed by atoms with Crippen molar-refractivity contribution in [1.82, 2.24) is 4.90 Å². The van der Waals surface area contributed by atoms with Crippen molar-refractivity contribution in [1.29, 1.82) is 0 Å². The molecule has 1 aromatic rings. The molecule has 0 aliphatic rings. The first-order valence-electron chi connectivity index (χ1n) is 6.65. The van der Waals surface area contributed by atoms with Crippen molar-refractivity contribution in [3.8, 4) is 0 Å². The highest BCUT2D eigenvalue weighted by atomic mass is 16.1. The van der Waals surface area contributed by atoms with Crippen molar-refractivity contribution in [2.45, 2.75) is 33.6 Å². The molecule has 1 aromatic carbocycles. The van der Waals surface area contributed by atoms with E-state index in [0.29, 0.717) is 11.8 Å². The van der Waals surface area contributed by atoms with Crippen LogP contribution in [0.2, 0.25) is 0 Å². The van der Waals surface area contributed by atoms with Gasteiger partial charge in [0.25, 0.3) is 0 Å². The number of hydrogen-bond donors (Lipinski definition) is 0. The summed E-state index contributed by atoms with van der Waals surface area (Å²) in [5.74, 6) is 0.250. The van der Waals surface area contributed by atoms with Crippen molar-refractivity contribution >= 4 is 5.78 Å². The predicted molar refractivity (Wildman–Crippen MR) is 77.0 cm³/mol. The third-order valence-corrected chi connectivity index (χ3v) is 2.78. The standard InChI is InChI=1S/C16H25NO/c1-16(2,3)13-17(4)12-8-11-15(18)14-9-6-5-7-10-14/h5-7,9-10H,8,11-13H2,1-4H3. The molecule has 0 amide bonds. The molecule has 0 heterocycles. The molecule has 0 radical (unpaired) electrons. The first-order chi connectivity index (χ1) is 8.38. The van der Waals surface area contributed by atoms with Gasteiger partial charge in [-0.15, -0.1) is 0 Å². The van der Waals surface area contributed by atoms with Crippen LogP contribution in [-0.2, 0) is 0 Å². The third-order valence-electron chi connectivity index (χ3n) is 2.78. The Hall–Kier alpha value is -1.15. The molecule has 2 heteroatoms. The summed E-state index contributed by atoms with van der Waals surface area (Å²) in [7, 11) is 2.12. The number of Topliss-reactive ketones (excluding diaryl/α,β-unsaturated/α-hetero) is 1. The topological polar surface area (TPSA) is 20.3 Å². The van der Waals surface area contributed by atoms with Crippen LogP contribution in [0, 0.1) is 5.41 Å². The SMILES string of the molecule is CN(CCCC(=O)c1ccccc1)CC(C)(C)C. The molecule has 0 saturated heterocycles. The Morgan fingerprint density at radius 1 is 1.17 bits per heavy atom. The van der Waals surface area contributed by atoms with Crippen molar-refractivity contribution in [3.63, 3.8) is 0 Å². The minimum absolute atomic E-state index is 0.250. The van der Waals surface area contributed by atoms with Crippen molar-refractivity contribution in [2.24, 2.45) is 5.41 Å². The molecule has 18 heavy (non-hydrogen) atoms. The van der Waals surface area contributed by atoms with Crippen LogP contribution in [0.15, 0.2) is 30.3 Å². The Bertz CT molecular complexity index is 364. The maximum absolute atomic E-state index is 11.9. The molecule has 0 aliphatic heterocycles. The predicted octanol–water partition coefficient (Wildman–Crippen LogP) is 3.63. The second-order valence-corrected chi connectivity index (χ2v) is 6.19. The van der Waals surface area contributed by atoms with E-state index in [9.17, 15) is 4.79 Å². The summed E-state index contributed by atoms with van der Waals surface area (Å²) in [5.41, 5.74) is 1.15. The zero-order chi connectivity index (χ0) is 13.6. The highest BCUT2D eigenvalue weighted by Crippen LogP contribution is 2.14. The molecule has 0 fully saturated rings. The Labute approximate surface area is 111 Å². The number of hydrogen-bond acceptors (Lipinski definition) is 2. The van der Waals surface area contributed by atoms with Crippen LogP contribution in [0.5, 0.6) is 0 Å². The third kappa shape index (κ3) is 5.97. The maximum atomic E-state index is 11.9. The first-order valence-corrected chi connectivity index (χ1v) is 6.65. The van der Waals surface area contributed by atoms with E-state index >= 15 is 0 Å². The highest BCUT2D eigenvalue weighted by molar-refractivity contribution is 5.95. The van der Waals surface area contributed by atoms with E-state index in [0.717, 1.165) is 25.1 Å². The summed E-state index contributed by atoms with van der Waals surface area (Å²) in [5, 5.41) is 0. The van der Waals surface area contributed by atoms with E-state index < -0.39 is 0 Å². The van der Waals surface area contributed by atoms with E-state index in [1.54, 1.807) is 0 Å². The summed E-state index contributed by atoms with van der Waals surface area (Å²) in [6.07, 6.45) is 1.57. The Morgan fingerprint density at radius 2 is 1.78 bits per heavy atom. The molecule has 2 nitrogen and oxygen atoms in total. The largest absolute Gasteiger partial charge is 0.306 e. The van der Waals surface area contributed by atoms with E-state index in [1.807, 2.05) is 30.3 Å². The van der Waals surface area contributed by atoms with Crippen LogP contribution < -0.4 is 0 Å². The van der Waals surface area contributed by atoms with Gasteiger partial charge >= 0.3 is 0 Å². The zero-order valence-corrected chi connectivity index (χ0v) is 12.1. The molecular weight excluding hydrogens is 222 g/mol. The Balaban J connectivity index is 2.28. The van der Waals surface area contributed by atoms with E-state index in [1.165, 1.54) is 0 Å². The highest BCUT2D eigenvalue weighted by Gasteiger charge is 2.13. The molecule has 0 unspecified atom stereocenters. The number of ketones is 1. The molecule has 0 saturated carbocycles. The zero-order valence-electron chi connectivity index (χ0n) is 12.1. The van der Waals surface area contributed by atoms with Crippen LogP contribution >= 0.6 is 0 Å². The lowest BCUT2D eigenvalue weighted by Crippen LogP contribution is -2.30. The lowest BCUT2D eigenvalue weighted by Gasteiger charge is -2.26. The van der Waals surface area contributed by atoms with E-state index in [-0.39, 0.29) is 5.78 Å². The molecule has 0 aliphatic carbocycles. The van der Waals surface area contributed by atoms with Gasteiger partial charge in [-0.3, -0.25) is 4.79 Å². The monoisotopic (exact) mass is 247 g/mol. The molecule has 0 spiro atoms. The molecular formula is C16H25NO. The quantitative estimate of drug-likeness (QED) is 0.715. The van der Waals surface area contributed by atoms with Crippen molar-refractivity contribution in [2.75, 3.05) is 20.1 Å². The Morgan fingerprint density at radius 3 is 2.33 bits per heavy atom. The van der Waals surface area contributed by atoms with Gasteiger partial charge in [0, 0.05) is 18.5 Å². The molecule has 0 bridgehead atoms. The summed E-state index contributed by atoms with van der Waals surface area (Å²) in [4.78, 5) is 14.2. The van der Waals surface area contributed by atoms with Crippen molar-refractivity contribution in [3.05, 3.63) is 35.9 Å². The smallest absolute Gasteiger partial charge is 0.162 e. The minimum atomic E-state index is 0.250. The number of benzene rings is 1. The lowest BCUT2D eigenvalue weighted by atomic mass is 9.96. The van der Waals surface area contributed by atoms with Crippen molar-refractivity contribution < 1.29 is 4.79 Å². The lowest BCUT2D eigenvalue weighted by molar-refractivity contribution is 0.0974. The summed E-state index contributed by atoms with van der Waals surface area (Å²) >= 11 is 0. The Kier molecular flexibility index (Phi) is 5.54. The summed E-state index contributed by atoms with van der Waals surface area (Å²) < 4.78 is 0. The average molecular weight is 247 g/mol. The number of carbonyl (C=O) groups excluding carboxylic acids is 1. The number of nitrogens with zero attached hydrogens (tertiary/aromatic N) is 1.